The van der Waals surface area contributed by atoms with E-state index in [0.29, 0.717) is 11.4 Å². The highest BCUT2D eigenvalue weighted by Gasteiger charge is 2.28. The fraction of sp³-hybridized carbons (Fsp3) is 0.571. The van der Waals surface area contributed by atoms with Crippen LogP contribution in [-0.2, 0) is 0 Å². The third-order valence-electron chi connectivity index (χ3n) is 3.43. The summed E-state index contributed by atoms with van der Waals surface area (Å²) in [5.41, 5.74) is 0.658. The largest absolute Gasteiger partial charge is 0.372 e. The second-order valence-electron chi connectivity index (χ2n) is 5.61. The van der Waals surface area contributed by atoms with Gasteiger partial charge in [0.2, 0.25) is 0 Å². The molecule has 0 bridgehead atoms. The van der Waals surface area contributed by atoms with Crippen LogP contribution in [0.25, 0.3) is 0 Å². The van der Waals surface area contributed by atoms with Crippen LogP contribution in [0, 0.1) is 5.41 Å². The van der Waals surface area contributed by atoms with Gasteiger partial charge in [-0.3, -0.25) is 4.79 Å². The number of amides is 1. The van der Waals surface area contributed by atoms with Crippen molar-refractivity contribution in [3.05, 3.63) is 23.9 Å². The van der Waals surface area contributed by atoms with E-state index < -0.39 is 0 Å². The van der Waals surface area contributed by atoms with Gasteiger partial charge in [-0.15, -0.1) is 0 Å². The molecule has 0 fully saturated rings. The van der Waals surface area contributed by atoms with Gasteiger partial charge < -0.3 is 10.2 Å². The first-order chi connectivity index (χ1) is 8.29. The summed E-state index contributed by atoms with van der Waals surface area (Å²) >= 11 is 0. The highest BCUT2D eigenvalue weighted by Crippen LogP contribution is 2.25. The van der Waals surface area contributed by atoms with Crippen molar-refractivity contribution >= 4 is 11.7 Å². The lowest BCUT2D eigenvalue weighted by Crippen LogP contribution is -2.43. The van der Waals surface area contributed by atoms with Crippen LogP contribution in [0.2, 0.25) is 0 Å². The Labute approximate surface area is 109 Å². The minimum absolute atomic E-state index is 0.00475. The van der Waals surface area contributed by atoms with Crippen molar-refractivity contribution in [3.63, 3.8) is 0 Å². The third kappa shape index (κ3) is 3.00. The molecule has 0 aromatic carbocycles. The van der Waals surface area contributed by atoms with Gasteiger partial charge in [0.05, 0.1) is 5.56 Å². The molecule has 1 N–H and O–H groups in total. The van der Waals surface area contributed by atoms with Gasteiger partial charge in [0.1, 0.15) is 5.82 Å². The zero-order valence-electron chi connectivity index (χ0n) is 12.1. The summed E-state index contributed by atoms with van der Waals surface area (Å²) in [6.45, 7) is 8.45. The quantitative estimate of drug-likeness (QED) is 0.895. The summed E-state index contributed by atoms with van der Waals surface area (Å²) in [6, 6.07) is 3.73. The minimum Gasteiger partial charge on any atom is -0.372 e. The second kappa shape index (κ2) is 5.38. The molecule has 1 aromatic rings. The minimum atomic E-state index is -0.00475. The van der Waals surface area contributed by atoms with E-state index in [9.17, 15) is 4.79 Å². The van der Waals surface area contributed by atoms with Gasteiger partial charge in [-0.2, -0.15) is 0 Å². The molecule has 1 unspecified atom stereocenters. The van der Waals surface area contributed by atoms with Crippen LogP contribution in [-0.4, -0.2) is 35.9 Å². The molecule has 1 atom stereocenters. The van der Waals surface area contributed by atoms with Gasteiger partial charge >= 0.3 is 0 Å². The number of pyridine rings is 1. The van der Waals surface area contributed by atoms with Gasteiger partial charge in [0.15, 0.2) is 0 Å². The molecule has 4 heteroatoms. The topological polar surface area (TPSA) is 45.2 Å². The molecule has 100 valence electrons. The summed E-state index contributed by atoms with van der Waals surface area (Å²) in [7, 11) is 3.61. The van der Waals surface area contributed by atoms with Crippen LogP contribution in [0.4, 0.5) is 5.82 Å². The summed E-state index contributed by atoms with van der Waals surface area (Å²) in [6.07, 6.45) is 1.68. The lowest BCUT2D eigenvalue weighted by molar-refractivity contribution is 0.0630. The third-order valence-corrected chi connectivity index (χ3v) is 3.43. The van der Waals surface area contributed by atoms with Crippen molar-refractivity contribution in [2.75, 3.05) is 19.4 Å². The first-order valence-electron chi connectivity index (χ1n) is 6.19. The smallest absolute Gasteiger partial charge is 0.257 e. The fourth-order valence-electron chi connectivity index (χ4n) is 1.72. The highest BCUT2D eigenvalue weighted by molar-refractivity contribution is 5.98. The molecule has 0 saturated carbocycles. The molecule has 0 aliphatic rings. The molecule has 18 heavy (non-hydrogen) atoms. The van der Waals surface area contributed by atoms with Crippen LogP contribution in [0.3, 0.4) is 0 Å². The standard InChI is InChI=1S/C14H23N3O/c1-10(14(2,3)4)17(6)13(18)11-8-7-9-16-12(11)15-5/h7-10H,1-6H3,(H,15,16). The number of carbonyl (C=O) groups excluding carboxylic acids is 1. The summed E-state index contributed by atoms with van der Waals surface area (Å²) < 4.78 is 0. The Hall–Kier alpha value is -1.58. The number of anilines is 1. The zero-order valence-corrected chi connectivity index (χ0v) is 12.1. The summed E-state index contributed by atoms with van der Waals surface area (Å²) in [5.74, 6) is 0.616. The van der Waals surface area contributed by atoms with Crippen LogP contribution in [0.15, 0.2) is 18.3 Å². The van der Waals surface area contributed by atoms with Gasteiger partial charge in [0.25, 0.3) is 5.91 Å². The normalized spacial score (nSPS) is 13.0. The highest BCUT2D eigenvalue weighted by atomic mass is 16.2. The van der Waals surface area contributed by atoms with E-state index in [2.05, 4.69) is 38.0 Å². The summed E-state index contributed by atoms with van der Waals surface area (Å²) in [4.78, 5) is 18.4. The van der Waals surface area contributed by atoms with Gasteiger partial charge in [-0.25, -0.2) is 4.98 Å². The average molecular weight is 249 g/mol. The number of rotatable bonds is 3. The fourth-order valence-corrected chi connectivity index (χ4v) is 1.72. The monoisotopic (exact) mass is 249 g/mol. The van der Waals surface area contributed by atoms with Crippen LogP contribution in [0.1, 0.15) is 38.1 Å². The van der Waals surface area contributed by atoms with E-state index in [4.69, 9.17) is 0 Å². The maximum atomic E-state index is 12.5. The number of hydrogen-bond acceptors (Lipinski definition) is 3. The van der Waals surface area contributed by atoms with Crippen molar-refractivity contribution in [2.45, 2.75) is 33.7 Å². The van der Waals surface area contributed by atoms with E-state index in [1.54, 1.807) is 30.3 Å². The molecular weight excluding hydrogens is 226 g/mol. The maximum absolute atomic E-state index is 12.5. The molecule has 0 saturated heterocycles. The number of nitrogens with zero attached hydrogens (tertiary/aromatic N) is 2. The molecule has 0 aliphatic heterocycles. The lowest BCUT2D eigenvalue weighted by Gasteiger charge is -2.35. The second-order valence-corrected chi connectivity index (χ2v) is 5.61. The van der Waals surface area contributed by atoms with Gasteiger partial charge in [0, 0.05) is 26.3 Å². The van der Waals surface area contributed by atoms with Crippen molar-refractivity contribution in [1.29, 1.82) is 0 Å². The number of hydrogen-bond donors (Lipinski definition) is 1. The van der Waals surface area contributed by atoms with E-state index in [0.717, 1.165) is 0 Å². The number of aromatic nitrogens is 1. The Morgan fingerprint density at radius 1 is 1.44 bits per heavy atom. The van der Waals surface area contributed by atoms with Crippen molar-refractivity contribution in [1.82, 2.24) is 9.88 Å². The van der Waals surface area contributed by atoms with Crippen LogP contribution >= 0.6 is 0 Å². The Bertz CT molecular complexity index is 423. The van der Waals surface area contributed by atoms with Gasteiger partial charge in [-0.05, 0) is 24.5 Å². The predicted octanol–water partition coefficient (Wildman–Crippen LogP) is 2.63. The number of nitrogens with one attached hydrogen (secondary N) is 1. The molecule has 0 spiro atoms. The zero-order chi connectivity index (χ0) is 13.9. The van der Waals surface area contributed by atoms with Crippen LogP contribution < -0.4 is 5.32 Å². The molecule has 0 aliphatic carbocycles. The average Bonchev–Trinajstić information content (AvgIpc) is 2.34. The van der Waals surface area contributed by atoms with Crippen molar-refractivity contribution in [2.24, 2.45) is 5.41 Å². The Balaban J connectivity index is 3.00. The number of carbonyl (C=O) groups is 1. The van der Waals surface area contributed by atoms with E-state index >= 15 is 0 Å². The molecule has 1 amide bonds. The Kier molecular flexibility index (Phi) is 4.33. The molecule has 4 nitrogen and oxygen atoms in total. The van der Waals surface area contributed by atoms with Gasteiger partial charge in [-0.1, -0.05) is 20.8 Å². The first-order valence-corrected chi connectivity index (χ1v) is 6.19. The molecule has 1 heterocycles. The van der Waals surface area contributed by atoms with Crippen LogP contribution in [0.5, 0.6) is 0 Å². The Morgan fingerprint density at radius 2 is 2.06 bits per heavy atom. The maximum Gasteiger partial charge on any atom is 0.257 e. The van der Waals surface area contributed by atoms with E-state index in [1.165, 1.54) is 0 Å². The molecule has 1 rings (SSSR count). The molecule has 1 aromatic heterocycles. The van der Waals surface area contributed by atoms with Crippen molar-refractivity contribution < 1.29 is 4.79 Å². The summed E-state index contributed by atoms with van der Waals surface area (Å²) in [5, 5.41) is 2.95. The molecule has 0 radical (unpaired) electrons. The SMILES string of the molecule is CNc1ncccc1C(=O)N(C)C(C)C(C)(C)C. The lowest BCUT2D eigenvalue weighted by atomic mass is 9.87. The van der Waals surface area contributed by atoms with E-state index in [-0.39, 0.29) is 17.4 Å². The molecular formula is C14H23N3O. The van der Waals surface area contributed by atoms with Crippen molar-refractivity contribution in [3.8, 4) is 0 Å². The predicted molar refractivity (Wildman–Crippen MR) is 74.8 cm³/mol. The Morgan fingerprint density at radius 3 is 2.56 bits per heavy atom. The first kappa shape index (κ1) is 14.5. The van der Waals surface area contributed by atoms with E-state index in [1.807, 2.05) is 7.05 Å².